The van der Waals surface area contributed by atoms with Gasteiger partial charge in [-0.2, -0.15) is 5.48 Å². The minimum Gasteiger partial charge on any atom is -0.508 e. The number of phenols is 1. The van der Waals surface area contributed by atoms with Crippen LogP contribution < -0.4 is 5.48 Å². The van der Waals surface area contributed by atoms with Gasteiger partial charge in [0.25, 0.3) is 0 Å². The van der Waals surface area contributed by atoms with Gasteiger partial charge in [0.15, 0.2) is 0 Å². The first-order chi connectivity index (χ1) is 6.76. The number of rotatable bonds is 5. The van der Waals surface area contributed by atoms with Crippen LogP contribution >= 0.6 is 0 Å². The first-order valence-corrected chi connectivity index (χ1v) is 4.28. The molecule has 0 aliphatic heterocycles. The number of carbonyl (C=O) groups excluding carboxylic acids is 1. The van der Waals surface area contributed by atoms with Gasteiger partial charge in [-0.3, -0.25) is 0 Å². The lowest BCUT2D eigenvalue weighted by Gasteiger charge is -2.10. The zero-order valence-electron chi connectivity index (χ0n) is 7.93. The Labute approximate surface area is 82.5 Å². The van der Waals surface area contributed by atoms with Crippen LogP contribution in [0.2, 0.25) is 0 Å². The van der Waals surface area contributed by atoms with E-state index in [2.05, 4.69) is 10.3 Å². The molecule has 0 unspecified atom stereocenters. The maximum Gasteiger partial charge on any atom is 0.139 e. The van der Waals surface area contributed by atoms with Gasteiger partial charge in [-0.15, -0.1) is 0 Å². The lowest BCUT2D eigenvalue weighted by atomic mass is 10.1. The van der Waals surface area contributed by atoms with Crippen molar-refractivity contribution in [1.82, 2.24) is 5.48 Å². The summed E-state index contributed by atoms with van der Waals surface area (Å²) in [5.74, 6) is 0.219. The Morgan fingerprint density at radius 1 is 1.50 bits per heavy atom. The third kappa shape index (κ3) is 3.16. The van der Waals surface area contributed by atoms with Crippen LogP contribution in [-0.4, -0.2) is 24.5 Å². The summed E-state index contributed by atoms with van der Waals surface area (Å²) in [5.41, 5.74) is 3.53. The van der Waals surface area contributed by atoms with E-state index < -0.39 is 0 Å². The van der Waals surface area contributed by atoms with Gasteiger partial charge < -0.3 is 14.7 Å². The quantitative estimate of drug-likeness (QED) is 0.535. The molecule has 0 saturated heterocycles. The molecule has 0 radical (unpaired) electrons. The highest BCUT2D eigenvalue weighted by Crippen LogP contribution is 2.10. The highest BCUT2D eigenvalue weighted by Gasteiger charge is 2.06. The fourth-order valence-corrected chi connectivity index (χ4v) is 1.15. The minimum absolute atomic E-state index is 0.219. The van der Waals surface area contributed by atoms with Crippen molar-refractivity contribution in [3.8, 4) is 5.75 Å². The van der Waals surface area contributed by atoms with E-state index in [0.717, 1.165) is 11.8 Å². The second kappa shape index (κ2) is 5.36. The summed E-state index contributed by atoms with van der Waals surface area (Å²) in [5, 5.41) is 9.04. The van der Waals surface area contributed by atoms with Crippen molar-refractivity contribution in [1.29, 1.82) is 0 Å². The van der Waals surface area contributed by atoms with Gasteiger partial charge >= 0.3 is 0 Å². The minimum atomic E-state index is -0.357. The molecule has 0 fully saturated rings. The lowest BCUT2D eigenvalue weighted by Crippen LogP contribution is -2.31. The first kappa shape index (κ1) is 10.7. The van der Waals surface area contributed by atoms with E-state index in [1.54, 1.807) is 24.3 Å². The number of hydrogen-bond donors (Lipinski definition) is 2. The molecule has 1 atom stereocenters. The zero-order chi connectivity index (χ0) is 10.4. The van der Waals surface area contributed by atoms with Crippen molar-refractivity contribution in [3.63, 3.8) is 0 Å². The fraction of sp³-hybridized carbons (Fsp3) is 0.300. The van der Waals surface area contributed by atoms with Gasteiger partial charge in [-0.25, -0.2) is 0 Å². The van der Waals surface area contributed by atoms with Crippen LogP contribution in [0.25, 0.3) is 0 Å². The van der Waals surface area contributed by atoms with Crippen molar-refractivity contribution < 1.29 is 14.7 Å². The predicted molar refractivity (Wildman–Crippen MR) is 51.8 cm³/mol. The molecule has 76 valence electrons. The SMILES string of the molecule is CON[C@H](C=O)Cc1ccc(O)cc1. The summed E-state index contributed by atoms with van der Waals surface area (Å²) >= 11 is 0. The van der Waals surface area contributed by atoms with E-state index >= 15 is 0 Å². The molecule has 0 heterocycles. The summed E-state index contributed by atoms with van der Waals surface area (Å²) in [6.07, 6.45) is 1.33. The summed E-state index contributed by atoms with van der Waals surface area (Å²) < 4.78 is 0. The number of phenolic OH excluding ortho intramolecular Hbond substituents is 1. The number of carbonyl (C=O) groups is 1. The Kier molecular flexibility index (Phi) is 4.10. The number of aldehydes is 1. The van der Waals surface area contributed by atoms with Crippen LogP contribution in [0.1, 0.15) is 5.56 Å². The van der Waals surface area contributed by atoms with Crippen LogP contribution in [0.4, 0.5) is 0 Å². The highest BCUT2D eigenvalue weighted by atomic mass is 16.6. The average molecular weight is 195 g/mol. The normalized spacial score (nSPS) is 12.4. The molecule has 14 heavy (non-hydrogen) atoms. The number of hydroxylamine groups is 1. The predicted octanol–water partition coefficient (Wildman–Crippen LogP) is 0.653. The van der Waals surface area contributed by atoms with Crippen molar-refractivity contribution in [3.05, 3.63) is 29.8 Å². The van der Waals surface area contributed by atoms with Crippen molar-refractivity contribution >= 4 is 6.29 Å². The molecule has 2 N–H and O–H groups in total. The third-order valence-corrected chi connectivity index (χ3v) is 1.83. The van der Waals surface area contributed by atoms with Crippen molar-refractivity contribution in [2.75, 3.05) is 7.11 Å². The van der Waals surface area contributed by atoms with Gasteiger partial charge in [-0.1, -0.05) is 12.1 Å². The summed E-state index contributed by atoms with van der Waals surface area (Å²) in [7, 11) is 1.47. The molecule has 0 aliphatic carbocycles. The standard InChI is InChI=1S/C10H13NO3/c1-14-11-9(7-12)6-8-2-4-10(13)5-3-8/h2-5,7,9,11,13H,6H2,1H3/t9-/m0/s1. The molecular formula is C10H13NO3. The van der Waals surface area contributed by atoms with E-state index in [4.69, 9.17) is 5.11 Å². The Balaban J connectivity index is 2.57. The molecule has 0 spiro atoms. The molecule has 0 saturated carbocycles. The molecule has 0 amide bonds. The molecule has 4 heteroatoms. The van der Waals surface area contributed by atoms with Gasteiger partial charge in [0.2, 0.25) is 0 Å². The van der Waals surface area contributed by atoms with Crippen molar-refractivity contribution in [2.24, 2.45) is 0 Å². The number of hydrogen-bond acceptors (Lipinski definition) is 4. The molecule has 0 aromatic heterocycles. The molecule has 4 nitrogen and oxygen atoms in total. The fourth-order valence-electron chi connectivity index (χ4n) is 1.15. The maximum atomic E-state index is 10.6. The maximum absolute atomic E-state index is 10.6. The molecule has 0 bridgehead atoms. The van der Waals surface area contributed by atoms with E-state index in [0.29, 0.717) is 6.42 Å². The Morgan fingerprint density at radius 2 is 2.14 bits per heavy atom. The zero-order valence-corrected chi connectivity index (χ0v) is 7.93. The molecule has 1 rings (SSSR count). The topological polar surface area (TPSA) is 58.6 Å². The highest BCUT2D eigenvalue weighted by molar-refractivity contribution is 5.58. The second-order valence-electron chi connectivity index (χ2n) is 2.94. The Hall–Kier alpha value is -1.39. The Bertz CT molecular complexity index is 284. The second-order valence-corrected chi connectivity index (χ2v) is 2.94. The van der Waals surface area contributed by atoms with E-state index in [1.807, 2.05) is 0 Å². The smallest absolute Gasteiger partial charge is 0.139 e. The molecular weight excluding hydrogens is 182 g/mol. The third-order valence-electron chi connectivity index (χ3n) is 1.83. The first-order valence-electron chi connectivity index (χ1n) is 4.28. The van der Waals surface area contributed by atoms with Gasteiger partial charge in [0.1, 0.15) is 12.0 Å². The van der Waals surface area contributed by atoms with Gasteiger partial charge in [-0.05, 0) is 24.1 Å². The largest absolute Gasteiger partial charge is 0.508 e. The average Bonchev–Trinajstić information content (AvgIpc) is 2.20. The van der Waals surface area contributed by atoms with Crippen LogP contribution in [0.3, 0.4) is 0 Å². The summed E-state index contributed by atoms with van der Waals surface area (Å²) in [6.45, 7) is 0. The Morgan fingerprint density at radius 3 is 2.64 bits per heavy atom. The molecule has 0 aliphatic rings. The van der Waals surface area contributed by atoms with Crippen LogP contribution in [0.5, 0.6) is 5.75 Å². The van der Waals surface area contributed by atoms with Crippen LogP contribution in [-0.2, 0) is 16.1 Å². The monoisotopic (exact) mass is 195 g/mol. The molecule has 1 aromatic rings. The van der Waals surface area contributed by atoms with E-state index in [-0.39, 0.29) is 11.8 Å². The van der Waals surface area contributed by atoms with Crippen LogP contribution in [0.15, 0.2) is 24.3 Å². The lowest BCUT2D eigenvalue weighted by molar-refractivity contribution is -0.112. The van der Waals surface area contributed by atoms with Gasteiger partial charge in [0, 0.05) is 0 Å². The van der Waals surface area contributed by atoms with Gasteiger partial charge in [0.05, 0.1) is 13.2 Å². The van der Waals surface area contributed by atoms with Crippen LogP contribution in [0, 0.1) is 0 Å². The number of nitrogens with one attached hydrogen (secondary N) is 1. The van der Waals surface area contributed by atoms with Crippen molar-refractivity contribution in [2.45, 2.75) is 12.5 Å². The van der Waals surface area contributed by atoms with E-state index in [9.17, 15) is 4.79 Å². The number of benzene rings is 1. The van der Waals surface area contributed by atoms with E-state index in [1.165, 1.54) is 7.11 Å². The summed E-state index contributed by atoms with van der Waals surface area (Å²) in [6, 6.07) is 6.35. The number of aromatic hydroxyl groups is 1. The molecule has 1 aromatic carbocycles. The summed E-state index contributed by atoms with van der Waals surface area (Å²) in [4.78, 5) is 15.2.